The Morgan fingerprint density at radius 1 is 1.04 bits per heavy atom. The quantitative estimate of drug-likeness (QED) is 0.395. The second kappa shape index (κ2) is 9.47. The van der Waals surface area contributed by atoms with Crippen LogP contribution in [0.5, 0.6) is 0 Å². The summed E-state index contributed by atoms with van der Waals surface area (Å²) in [5, 5.41) is 0. The summed E-state index contributed by atoms with van der Waals surface area (Å²) in [6.45, 7) is 10.8. The third-order valence-corrected chi connectivity index (χ3v) is 5.37. The molecule has 0 aromatic heterocycles. The molecule has 0 saturated carbocycles. The number of carbonyl (C=O) groups is 1. The number of benzene rings is 2. The minimum atomic E-state index is 0.165. The molecule has 2 aromatic rings. The monoisotopic (exact) mass is 349 g/mol. The second-order valence-electron chi connectivity index (χ2n) is 7.45. The molecule has 0 fully saturated rings. The smallest absolute Gasteiger partial charge is 0.167 e. The molecule has 0 heterocycles. The zero-order valence-electron chi connectivity index (χ0n) is 16.8. The SMILES string of the molecule is CCC(C)C(C)CC=Nc1cc(C)c(C(=O)Cc2ccccc2)cc1C. The van der Waals surface area contributed by atoms with Crippen molar-refractivity contribution in [3.8, 4) is 0 Å². The van der Waals surface area contributed by atoms with Gasteiger partial charge in [0.1, 0.15) is 0 Å². The van der Waals surface area contributed by atoms with Crippen LogP contribution in [0.25, 0.3) is 0 Å². The van der Waals surface area contributed by atoms with Crippen molar-refractivity contribution in [1.29, 1.82) is 0 Å². The minimum Gasteiger partial charge on any atom is -0.294 e. The van der Waals surface area contributed by atoms with Crippen LogP contribution >= 0.6 is 0 Å². The Labute approximate surface area is 158 Å². The lowest BCUT2D eigenvalue weighted by Gasteiger charge is -2.15. The number of aliphatic imine (C=N–C) groups is 1. The summed E-state index contributed by atoms with van der Waals surface area (Å²) in [5.41, 5.74) is 4.88. The molecule has 0 radical (unpaired) electrons. The van der Waals surface area contributed by atoms with Gasteiger partial charge in [0.15, 0.2) is 5.78 Å². The fourth-order valence-corrected chi connectivity index (χ4v) is 3.07. The molecule has 0 bridgehead atoms. The van der Waals surface area contributed by atoms with Crippen molar-refractivity contribution in [2.24, 2.45) is 16.8 Å². The molecule has 138 valence electrons. The second-order valence-corrected chi connectivity index (χ2v) is 7.45. The van der Waals surface area contributed by atoms with E-state index in [0.29, 0.717) is 18.3 Å². The number of carbonyl (C=O) groups excluding carboxylic acids is 1. The first kappa shape index (κ1) is 20.1. The number of nitrogens with zero attached hydrogens (tertiary/aromatic N) is 1. The molecule has 0 aliphatic carbocycles. The van der Waals surface area contributed by atoms with Crippen LogP contribution < -0.4 is 0 Å². The van der Waals surface area contributed by atoms with Gasteiger partial charge in [-0.2, -0.15) is 0 Å². The van der Waals surface area contributed by atoms with E-state index in [2.05, 4.69) is 25.8 Å². The van der Waals surface area contributed by atoms with E-state index in [1.54, 1.807) is 0 Å². The average Bonchev–Trinajstić information content (AvgIpc) is 2.64. The summed E-state index contributed by atoms with van der Waals surface area (Å²) in [6, 6.07) is 13.9. The Hall–Kier alpha value is -2.22. The van der Waals surface area contributed by atoms with Gasteiger partial charge in [-0.05, 0) is 60.9 Å². The summed E-state index contributed by atoms with van der Waals surface area (Å²) in [7, 11) is 0. The fourth-order valence-electron chi connectivity index (χ4n) is 3.07. The molecule has 0 amide bonds. The van der Waals surface area contributed by atoms with Crippen molar-refractivity contribution in [3.63, 3.8) is 0 Å². The molecular weight excluding hydrogens is 318 g/mol. The van der Waals surface area contributed by atoms with E-state index in [9.17, 15) is 4.79 Å². The minimum absolute atomic E-state index is 0.165. The van der Waals surface area contributed by atoms with Crippen LogP contribution in [0.2, 0.25) is 0 Å². The Bertz CT molecular complexity index is 761. The molecule has 26 heavy (non-hydrogen) atoms. The summed E-state index contributed by atoms with van der Waals surface area (Å²) >= 11 is 0. The van der Waals surface area contributed by atoms with E-state index in [0.717, 1.165) is 34.4 Å². The molecule has 0 aliphatic heterocycles. The van der Waals surface area contributed by atoms with Crippen molar-refractivity contribution in [3.05, 3.63) is 64.7 Å². The number of hydrogen-bond donors (Lipinski definition) is 0. The molecule has 2 nitrogen and oxygen atoms in total. The zero-order chi connectivity index (χ0) is 19.1. The molecule has 0 spiro atoms. The van der Waals surface area contributed by atoms with Gasteiger partial charge in [0, 0.05) is 18.2 Å². The van der Waals surface area contributed by atoms with E-state index < -0.39 is 0 Å². The third-order valence-electron chi connectivity index (χ3n) is 5.37. The molecule has 2 atom stereocenters. The predicted octanol–water partition coefficient (Wildman–Crippen LogP) is 6.50. The van der Waals surface area contributed by atoms with Crippen molar-refractivity contribution >= 4 is 17.7 Å². The summed E-state index contributed by atoms with van der Waals surface area (Å²) in [6.07, 6.45) is 4.66. The highest BCUT2D eigenvalue weighted by atomic mass is 16.1. The Kier molecular flexibility index (Phi) is 7.32. The van der Waals surface area contributed by atoms with Gasteiger partial charge in [0.05, 0.1) is 5.69 Å². The topological polar surface area (TPSA) is 29.4 Å². The summed E-state index contributed by atoms with van der Waals surface area (Å²) < 4.78 is 0. The van der Waals surface area contributed by atoms with Crippen LogP contribution in [0.15, 0.2) is 47.5 Å². The lowest BCUT2D eigenvalue weighted by atomic mass is 9.91. The van der Waals surface area contributed by atoms with Crippen LogP contribution in [0, 0.1) is 25.7 Å². The van der Waals surface area contributed by atoms with Gasteiger partial charge in [-0.15, -0.1) is 0 Å². The lowest BCUT2D eigenvalue weighted by Crippen LogP contribution is -2.07. The van der Waals surface area contributed by atoms with Gasteiger partial charge >= 0.3 is 0 Å². The van der Waals surface area contributed by atoms with E-state index in [1.165, 1.54) is 6.42 Å². The van der Waals surface area contributed by atoms with Gasteiger partial charge in [-0.25, -0.2) is 0 Å². The van der Waals surface area contributed by atoms with Gasteiger partial charge in [-0.1, -0.05) is 57.5 Å². The van der Waals surface area contributed by atoms with Crippen LogP contribution in [0.3, 0.4) is 0 Å². The Balaban J connectivity index is 2.11. The van der Waals surface area contributed by atoms with Gasteiger partial charge < -0.3 is 0 Å². The van der Waals surface area contributed by atoms with E-state index in [1.807, 2.05) is 62.5 Å². The largest absolute Gasteiger partial charge is 0.294 e. The zero-order valence-corrected chi connectivity index (χ0v) is 16.8. The van der Waals surface area contributed by atoms with Crippen molar-refractivity contribution in [2.75, 3.05) is 0 Å². The van der Waals surface area contributed by atoms with Crippen LogP contribution in [-0.2, 0) is 6.42 Å². The first-order chi connectivity index (χ1) is 12.4. The van der Waals surface area contributed by atoms with Crippen molar-refractivity contribution in [2.45, 2.75) is 53.9 Å². The van der Waals surface area contributed by atoms with Crippen LogP contribution in [-0.4, -0.2) is 12.0 Å². The van der Waals surface area contributed by atoms with E-state index >= 15 is 0 Å². The molecule has 0 N–H and O–H groups in total. The normalized spacial score (nSPS) is 13.7. The maximum Gasteiger partial charge on any atom is 0.167 e. The third kappa shape index (κ3) is 5.39. The number of aryl methyl sites for hydroxylation is 2. The highest BCUT2D eigenvalue weighted by molar-refractivity contribution is 5.99. The first-order valence-corrected chi connectivity index (χ1v) is 9.63. The Morgan fingerprint density at radius 2 is 1.73 bits per heavy atom. The van der Waals surface area contributed by atoms with E-state index in [4.69, 9.17) is 0 Å². The Morgan fingerprint density at radius 3 is 2.38 bits per heavy atom. The molecule has 2 unspecified atom stereocenters. The highest BCUT2D eigenvalue weighted by Gasteiger charge is 2.13. The van der Waals surface area contributed by atoms with Crippen molar-refractivity contribution < 1.29 is 4.79 Å². The highest BCUT2D eigenvalue weighted by Crippen LogP contribution is 2.25. The number of hydrogen-bond acceptors (Lipinski definition) is 2. The molecule has 0 aliphatic rings. The van der Waals surface area contributed by atoms with Gasteiger partial charge in [-0.3, -0.25) is 9.79 Å². The standard InChI is InChI=1S/C24H31NO/c1-6-17(2)18(3)12-13-25-23-15-19(4)22(14-20(23)5)24(26)16-21-10-8-7-9-11-21/h7-11,13-15,17-18H,6,12,16H2,1-5H3. The average molecular weight is 350 g/mol. The predicted molar refractivity (Wildman–Crippen MR) is 112 cm³/mol. The van der Waals surface area contributed by atoms with Gasteiger partial charge in [0.2, 0.25) is 0 Å². The molecule has 2 rings (SSSR count). The van der Waals surface area contributed by atoms with Crippen LogP contribution in [0.1, 0.15) is 60.7 Å². The van der Waals surface area contributed by atoms with Gasteiger partial charge in [0.25, 0.3) is 0 Å². The molecule has 0 saturated heterocycles. The fraction of sp³-hybridized carbons (Fsp3) is 0.417. The molecule has 2 heteroatoms. The number of ketones is 1. The molecular formula is C24H31NO. The number of Topliss-reactive ketones (excluding diaryl/α,β-unsaturated/α-hetero) is 1. The lowest BCUT2D eigenvalue weighted by molar-refractivity contribution is 0.0992. The van der Waals surface area contributed by atoms with Crippen molar-refractivity contribution in [1.82, 2.24) is 0 Å². The van der Waals surface area contributed by atoms with E-state index in [-0.39, 0.29) is 5.78 Å². The first-order valence-electron chi connectivity index (χ1n) is 9.63. The molecule has 2 aromatic carbocycles. The number of rotatable bonds is 8. The maximum atomic E-state index is 12.7. The summed E-state index contributed by atoms with van der Waals surface area (Å²) in [4.78, 5) is 17.3. The maximum absolute atomic E-state index is 12.7. The summed E-state index contributed by atoms with van der Waals surface area (Å²) in [5.74, 6) is 1.51. The van der Waals surface area contributed by atoms with Crippen LogP contribution in [0.4, 0.5) is 5.69 Å².